The van der Waals surface area contributed by atoms with E-state index in [0.717, 1.165) is 0 Å². The van der Waals surface area contributed by atoms with E-state index >= 15 is 0 Å². The van der Waals surface area contributed by atoms with Crippen LogP contribution in [0.15, 0.2) is 0 Å². The van der Waals surface area contributed by atoms with Gasteiger partial charge in [0.05, 0.1) is 9.37 Å². The van der Waals surface area contributed by atoms with Crippen LogP contribution in [-0.4, -0.2) is 5.91 Å². The molecule has 0 spiro atoms. The standard InChI is InChI=1S/C3H5Br2NO/c1-2-3(7)6(4)5/h2H2,1H3/q+1. The number of rotatable bonds is 1. The summed E-state index contributed by atoms with van der Waals surface area (Å²) in [7, 11) is 0. The smallest absolute Gasteiger partial charge is 0.223 e. The van der Waals surface area contributed by atoms with Crippen molar-refractivity contribution in [3.05, 3.63) is 0 Å². The van der Waals surface area contributed by atoms with Gasteiger partial charge in [0.1, 0.15) is 0 Å². The molecule has 0 heterocycles. The molecule has 0 saturated heterocycles. The minimum absolute atomic E-state index is 0.0139. The van der Waals surface area contributed by atoms with Gasteiger partial charge >= 0.3 is 38.2 Å². The lowest BCUT2D eigenvalue weighted by Gasteiger charge is -1.80. The average Bonchev–Trinajstić information content (AvgIpc) is 1.65. The maximum Gasteiger partial charge on any atom is 0.383 e. The number of hydrogen-bond acceptors (Lipinski definition) is 1. The Morgan fingerprint density at radius 3 is 2.14 bits per heavy atom. The molecule has 0 N–H and O–H groups in total. The number of carbonyl (C=O) groups is 1. The summed E-state index contributed by atoms with van der Waals surface area (Å²) in [5, 5.41) is 0. The van der Waals surface area contributed by atoms with Crippen molar-refractivity contribution in [1.29, 1.82) is 0 Å². The third kappa shape index (κ3) is 3.20. The Hall–Kier alpha value is 0.590. The molecule has 0 fully saturated rings. The van der Waals surface area contributed by atoms with Gasteiger partial charge in [-0.25, -0.2) is 4.79 Å². The van der Waals surface area contributed by atoms with Gasteiger partial charge in [0.2, 0.25) is 0 Å². The van der Waals surface area contributed by atoms with Crippen LogP contribution < -0.4 is 2.95 Å². The lowest BCUT2D eigenvalue weighted by molar-refractivity contribution is -0.119. The molecule has 41 valence electrons. The first kappa shape index (κ1) is 7.59. The van der Waals surface area contributed by atoms with Crippen LogP contribution in [0.1, 0.15) is 13.3 Å². The van der Waals surface area contributed by atoms with E-state index in [1.165, 1.54) is 2.95 Å². The molecule has 0 rings (SSSR count). The molecule has 1 amide bonds. The van der Waals surface area contributed by atoms with Crippen LogP contribution >= 0.6 is 32.3 Å². The first-order chi connectivity index (χ1) is 3.18. The molecular formula is C3H5Br2NO+. The molecular weight excluding hydrogens is 226 g/mol. The summed E-state index contributed by atoms with van der Waals surface area (Å²) in [5.74, 6) is 0.0139. The minimum atomic E-state index is 0.0139. The van der Waals surface area contributed by atoms with E-state index in [1.807, 2.05) is 0 Å². The summed E-state index contributed by atoms with van der Waals surface area (Å²) in [6.45, 7) is 1.79. The highest BCUT2D eigenvalue weighted by Gasteiger charge is 2.17. The van der Waals surface area contributed by atoms with Gasteiger partial charge in [0, 0.05) is 0 Å². The average molecular weight is 231 g/mol. The molecule has 0 aliphatic heterocycles. The highest BCUT2D eigenvalue weighted by Crippen LogP contribution is 2.01. The molecule has 0 aromatic heterocycles. The van der Waals surface area contributed by atoms with Crippen molar-refractivity contribution in [3.8, 4) is 0 Å². The van der Waals surface area contributed by atoms with Crippen LogP contribution in [0.5, 0.6) is 0 Å². The van der Waals surface area contributed by atoms with Crippen molar-refractivity contribution in [1.82, 2.24) is 2.95 Å². The number of hydrogen-bond donors (Lipinski definition) is 0. The first-order valence-electron chi connectivity index (χ1n) is 1.83. The van der Waals surface area contributed by atoms with Gasteiger partial charge in [-0.05, 0) is 0 Å². The molecule has 0 unspecified atom stereocenters. The second-order valence-corrected chi connectivity index (χ2v) is 3.35. The van der Waals surface area contributed by atoms with Crippen molar-refractivity contribution in [2.45, 2.75) is 13.3 Å². The number of halogens is 2. The van der Waals surface area contributed by atoms with Crippen molar-refractivity contribution in [2.75, 3.05) is 0 Å². The second-order valence-electron chi connectivity index (χ2n) is 0.980. The molecule has 4 heteroatoms. The van der Waals surface area contributed by atoms with Gasteiger partial charge in [0.25, 0.3) is 0 Å². The molecule has 1 radical (unpaired) electrons. The van der Waals surface area contributed by atoms with Crippen molar-refractivity contribution in [2.24, 2.45) is 0 Å². The zero-order chi connectivity index (χ0) is 5.86. The Morgan fingerprint density at radius 2 is 2.14 bits per heavy atom. The first-order valence-corrected chi connectivity index (χ1v) is 3.25. The minimum Gasteiger partial charge on any atom is -0.223 e. The molecule has 2 nitrogen and oxygen atoms in total. The Morgan fingerprint density at radius 1 is 1.71 bits per heavy atom. The fraction of sp³-hybridized carbons (Fsp3) is 0.667. The summed E-state index contributed by atoms with van der Waals surface area (Å²) in [5.41, 5.74) is 0. The van der Waals surface area contributed by atoms with E-state index in [1.54, 1.807) is 6.92 Å². The summed E-state index contributed by atoms with van der Waals surface area (Å²) >= 11 is 5.80. The Balaban J connectivity index is 3.35. The molecule has 0 aliphatic rings. The maximum absolute atomic E-state index is 10.3. The van der Waals surface area contributed by atoms with Crippen LogP contribution in [0.3, 0.4) is 0 Å². The van der Waals surface area contributed by atoms with Gasteiger partial charge in [-0.1, -0.05) is 6.92 Å². The van der Waals surface area contributed by atoms with E-state index in [0.29, 0.717) is 6.42 Å². The molecule has 7 heavy (non-hydrogen) atoms. The van der Waals surface area contributed by atoms with Gasteiger partial charge in [-0.3, -0.25) is 0 Å². The van der Waals surface area contributed by atoms with Crippen molar-refractivity contribution < 1.29 is 4.79 Å². The lowest BCUT2D eigenvalue weighted by Crippen LogP contribution is -2.12. The SMILES string of the molecule is CCC(=O)[N+](Br)Br. The van der Waals surface area contributed by atoms with Gasteiger partial charge in [-0.2, -0.15) is 0 Å². The second kappa shape index (κ2) is 3.57. The van der Waals surface area contributed by atoms with Crippen molar-refractivity contribution in [3.63, 3.8) is 0 Å². The molecule has 0 atom stereocenters. The van der Waals surface area contributed by atoms with Gasteiger partial charge in [0.15, 0.2) is 0 Å². The van der Waals surface area contributed by atoms with Crippen LogP contribution in [0, 0.1) is 0 Å². The number of amides is 1. The summed E-state index contributed by atoms with van der Waals surface area (Å²) in [6.07, 6.45) is 0.510. The molecule has 0 aromatic carbocycles. The summed E-state index contributed by atoms with van der Waals surface area (Å²) in [6, 6.07) is 0. The summed E-state index contributed by atoms with van der Waals surface area (Å²) in [4.78, 5) is 10.3. The van der Waals surface area contributed by atoms with Crippen LogP contribution in [0.4, 0.5) is 0 Å². The molecule has 0 aromatic rings. The zero-order valence-corrected chi connectivity index (χ0v) is 6.99. The monoisotopic (exact) mass is 229 g/mol. The number of carbonyl (C=O) groups excluding carboxylic acids is 1. The topological polar surface area (TPSA) is 23.0 Å². The quantitative estimate of drug-likeness (QED) is 0.629. The van der Waals surface area contributed by atoms with Crippen molar-refractivity contribution >= 4 is 38.2 Å². The number of nitrogens with zero attached hydrogens (tertiary/aromatic N) is 1. The zero-order valence-electron chi connectivity index (χ0n) is 3.82. The summed E-state index contributed by atoms with van der Waals surface area (Å²) < 4.78 is 1.21. The predicted molar refractivity (Wildman–Crippen MR) is 35.3 cm³/mol. The lowest BCUT2D eigenvalue weighted by atomic mass is 10.5. The van der Waals surface area contributed by atoms with Crippen LogP contribution in [0.2, 0.25) is 0 Å². The van der Waals surface area contributed by atoms with E-state index < -0.39 is 0 Å². The third-order valence-corrected chi connectivity index (χ3v) is 1.28. The van der Waals surface area contributed by atoms with E-state index in [4.69, 9.17) is 0 Å². The predicted octanol–water partition coefficient (Wildman–Crippen LogP) is 1.68. The Labute approximate surface area is 59.5 Å². The fourth-order valence-electron chi connectivity index (χ4n) is 0.120. The van der Waals surface area contributed by atoms with Crippen LogP contribution in [-0.2, 0) is 4.79 Å². The third-order valence-electron chi connectivity index (χ3n) is 0.491. The highest BCUT2D eigenvalue weighted by molar-refractivity contribution is 9.22. The van der Waals surface area contributed by atoms with E-state index in [9.17, 15) is 4.79 Å². The normalized spacial score (nSPS) is 9.71. The largest absolute Gasteiger partial charge is 0.383 e. The molecule has 0 saturated carbocycles. The Kier molecular flexibility index (Phi) is 3.88. The molecule has 0 bridgehead atoms. The fourth-order valence-corrected chi connectivity index (χ4v) is 0.621. The van der Waals surface area contributed by atoms with Gasteiger partial charge in [-0.15, -0.1) is 0 Å². The van der Waals surface area contributed by atoms with E-state index in [2.05, 4.69) is 32.3 Å². The van der Waals surface area contributed by atoms with Crippen LogP contribution in [0.25, 0.3) is 0 Å². The molecule has 0 aliphatic carbocycles. The van der Waals surface area contributed by atoms with Gasteiger partial charge < -0.3 is 0 Å². The maximum atomic E-state index is 10.3. The highest BCUT2D eigenvalue weighted by atomic mass is 79.9. The van der Waals surface area contributed by atoms with E-state index in [-0.39, 0.29) is 5.91 Å². The Bertz CT molecular complexity index is 73.3.